The second kappa shape index (κ2) is 8.28. The summed E-state index contributed by atoms with van der Waals surface area (Å²) in [5, 5.41) is 9.46. The number of anilines is 1. The summed E-state index contributed by atoms with van der Waals surface area (Å²) >= 11 is 6.61. The molecule has 1 saturated heterocycles. The minimum absolute atomic E-state index is 0.0263. The van der Waals surface area contributed by atoms with E-state index >= 15 is 0 Å². The number of rotatable bonds is 5. The lowest BCUT2D eigenvalue weighted by Gasteiger charge is -2.27. The molecule has 27 heavy (non-hydrogen) atoms. The third-order valence-electron chi connectivity index (χ3n) is 4.65. The zero-order valence-electron chi connectivity index (χ0n) is 16.5. The highest BCUT2D eigenvalue weighted by Gasteiger charge is 2.34. The molecule has 1 aliphatic heterocycles. The minimum atomic E-state index is -0.330. The van der Waals surface area contributed by atoms with Crippen molar-refractivity contribution in [2.24, 2.45) is 7.05 Å². The van der Waals surface area contributed by atoms with E-state index in [4.69, 9.17) is 12.2 Å². The van der Waals surface area contributed by atoms with E-state index in [0.29, 0.717) is 39.3 Å². The van der Waals surface area contributed by atoms with E-state index in [2.05, 4.69) is 0 Å². The second-order valence-corrected chi connectivity index (χ2v) is 8.21. The Bertz CT molecular complexity index is 921. The van der Waals surface area contributed by atoms with Crippen molar-refractivity contribution in [2.45, 2.75) is 40.7 Å². The third kappa shape index (κ3) is 3.66. The lowest BCUT2D eigenvalue weighted by molar-refractivity contribution is -0.123. The standard InChI is InChI=1S/C19H24N4O2S2/c1-7-22(8-2)16-13(12(5)14(10-20)17(24)21(16)6)9-15-18(25)23(11(3)4)19(26)27-15/h9,11H,7-8H2,1-6H3/b15-9-. The van der Waals surface area contributed by atoms with Gasteiger partial charge in [0.05, 0.1) is 4.91 Å². The van der Waals surface area contributed by atoms with Gasteiger partial charge in [-0.2, -0.15) is 5.26 Å². The van der Waals surface area contributed by atoms with Crippen LogP contribution in [0.25, 0.3) is 6.08 Å². The topological polar surface area (TPSA) is 69.3 Å². The van der Waals surface area contributed by atoms with E-state index in [1.165, 1.54) is 16.3 Å². The fourth-order valence-electron chi connectivity index (χ4n) is 3.17. The summed E-state index contributed by atoms with van der Waals surface area (Å²) in [6.45, 7) is 11.0. The number of carbonyl (C=O) groups is 1. The predicted octanol–water partition coefficient (Wildman–Crippen LogP) is 3.02. The SMILES string of the molecule is CCN(CC)c1c(/C=C2\SC(=S)N(C(C)C)C2=O)c(C)c(C#N)c(=O)n1C. The summed E-state index contributed by atoms with van der Waals surface area (Å²) < 4.78 is 2.02. The van der Waals surface area contributed by atoms with Gasteiger partial charge in [-0.15, -0.1) is 0 Å². The van der Waals surface area contributed by atoms with Crippen LogP contribution in [0.1, 0.15) is 44.4 Å². The maximum Gasteiger partial charge on any atom is 0.270 e. The van der Waals surface area contributed by atoms with Crippen LogP contribution in [0.2, 0.25) is 0 Å². The number of pyridine rings is 1. The molecule has 2 rings (SSSR count). The first-order valence-electron chi connectivity index (χ1n) is 8.85. The molecule has 0 unspecified atom stereocenters. The number of nitrogens with zero attached hydrogens (tertiary/aromatic N) is 4. The Kier molecular flexibility index (Phi) is 6.50. The van der Waals surface area contributed by atoms with Crippen LogP contribution in [0.3, 0.4) is 0 Å². The first-order chi connectivity index (χ1) is 12.7. The molecule has 144 valence electrons. The van der Waals surface area contributed by atoms with Gasteiger partial charge in [-0.25, -0.2) is 0 Å². The molecule has 1 aliphatic rings. The molecule has 1 aromatic rings. The summed E-state index contributed by atoms with van der Waals surface area (Å²) in [7, 11) is 1.66. The smallest absolute Gasteiger partial charge is 0.270 e. The Labute approximate surface area is 169 Å². The predicted molar refractivity (Wildman–Crippen MR) is 115 cm³/mol. The molecular weight excluding hydrogens is 380 g/mol. The highest BCUT2D eigenvalue weighted by molar-refractivity contribution is 8.26. The van der Waals surface area contributed by atoms with Crippen molar-refractivity contribution in [3.63, 3.8) is 0 Å². The molecule has 0 aromatic carbocycles. The van der Waals surface area contributed by atoms with Crippen LogP contribution in [-0.2, 0) is 11.8 Å². The quantitative estimate of drug-likeness (QED) is 0.555. The molecule has 2 heterocycles. The van der Waals surface area contributed by atoms with E-state index in [0.717, 1.165) is 0 Å². The van der Waals surface area contributed by atoms with Crippen LogP contribution in [0.5, 0.6) is 0 Å². The molecule has 0 aliphatic carbocycles. The zero-order chi connectivity index (χ0) is 20.5. The van der Waals surface area contributed by atoms with Gasteiger partial charge < -0.3 is 4.90 Å². The van der Waals surface area contributed by atoms with Gasteiger partial charge in [-0.1, -0.05) is 24.0 Å². The number of carbonyl (C=O) groups excluding carboxylic acids is 1. The van der Waals surface area contributed by atoms with Crippen molar-refractivity contribution >= 4 is 46.1 Å². The van der Waals surface area contributed by atoms with Crippen LogP contribution in [0.15, 0.2) is 9.70 Å². The summed E-state index contributed by atoms with van der Waals surface area (Å²) in [5.41, 5.74) is 1.06. The van der Waals surface area contributed by atoms with Gasteiger partial charge in [-0.3, -0.25) is 19.1 Å². The summed E-state index contributed by atoms with van der Waals surface area (Å²) in [6, 6.07) is 1.98. The average molecular weight is 405 g/mol. The number of hydrogen-bond donors (Lipinski definition) is 0. The fraction of sp³-hybridized carbons (Fsp3) is 0.474. The number of aromatic nitrogens is 1. The molecule has 0 saturated carbocycles. The zero-order valence-corrected chi connectivity index (χ0v) is 18.1. The summed E-state index contributed by atoms with van der Waals surface area (Å²) in [4.78, 5) is 29.6. The van der Waals surface area contributed by atoms with Crippen molar-refractivity contribution in [1.82, 2.24) is 9.47 Å². The first kappa shape index (κ1) is 21.2. The monoisotopic (exact) mass is 404 g/mol. The van der Waals surface area contributed by atoms with Crippen molar-refractivity contribution < 1.29 is 4.79 Å². The van der Waals surface area contributed by atoms with Gasteiger partial charge in [0.25, 0.3) is 11.5 Å². The van der Waals surface area contributed by atoms with E-state index in [-0.39, 0.29) is 23.1 Å². The molecule has 0 atom stereocenters. The Balaban J connectivity index is 2.78. The molecule has 6 nitrogen and oxygen atoms in total. The largest absolute Gasteiger partial charge is 0.358 e. The van der Waals surface area contributed by atoms with E-state index < -0.39 is 0 Å². The van der Waals surface area contributed by atoms with Crippen LogP contribution in [-0.4, -0.2) is 38.8 Å². The Morgan fingerprint density at radius 1 is 1.30 bits per heavy atom. The van der Waals surface area contributed by atoms with Crippen LogP contribution in [0.4, 0.5) is 5.82 Å². The van der Waals surface area contributed by atoms with Gasteiger partial charge in [0.15, 0.2) is 0 Å². The Hall–Kier alpha value is -2.11. The number of hydrogen-bond acceptors (Lipinski definition) is 6. The molecule has 0 bridgehead atoms. The first-order valence-corrected chi connectivity index (χ1v) is 10.1. The Morgan fingerprint density at radius 2 is 1.89 bits per heavy atom. The number of thiocarbonyl (C=S) groups is 1. The van der Waals surface area contributed by atoms with Gasteiger partial charge >= 0.3 is 0 Å². The van der Waals surface area contributed by atoms with Gasteiger partial charge in [0, 0.05) is 31.7 Å². The molecule has 1 aromatic heterocycles. The molecule has 0 spiro atoms. The molecule has 0 radical (unpaired) electrons. The maximum absolute atomic E-state index is 12.8. The lowest BCUT2D eigenvalue weighted by atomic mass is 10.0. The highest BCUT2D eigenvalue weighted by atomic mass is 32.2. The number of thioether (sulfide) groups is 1. The van der Waals surface area contributed by atoms with Crippen LogP contribution >= 0.6 is 24.0 Å². The summed E-state index contributed by atoms with van der Waals surface area (Å²) in [6.07, 6.45) is 1.77. The van der Waals surface area contributed by atoms with Crippen LogP contribution in [0, 0.1) is 18.3 Å². The third-order valence-corrected chi connectivity index (χ3v) is 5.98. The van der Waals surface area contributed by atoms with E-state index in [9.17, 15) is 14.9 Å². The molecule has 1 amide bonds. The normalized spacial score (nSPS) is 15.8. The fourth-order valence-corrected chi connectivity index (χ4v) is 4.68. The van der Waals surface area contributed by atoms with Crippen molar-refractivity contribution in [1.29, 1.82) is 5.26 Å². The highest BCUT2D eigenvalue weighted by Crippen LogP contribution is 2.36. The summed E-state index contributed by atoms with van der Waals surface area (Å²) in [5.74, 6) is 0.563. The van der Waals surface area contributed by atoms with Crippen LogP contribution < -0.4 is 10.5 Å². The minimum Gasteiger partial charge on any atom is -0.358 e. The van der Waals surface area contributed by atoms with E-state index in [1.54, 1.807) is 24.9 Å². The van der Waals surface area contributed by atoms with Gasteiger partial charge in [0.1, 0.15) is 21.8 Å². The average Bonchev–Trinajstić information content (AvgIpc) is 2.90. The lowest BCUT2D eigenvalue weighted by Crippen LogP contribution is -2.34. The molecule has 8 heteroatoms. The van der Waals surface area contributed by atoms with Crippen molar-refractivity contribution in [3.8, 4) is 6.07 Å². The maximum atomic E-state index is 12.8. The number of nitriles is 1. The van der Waals surface area contributed by atoms with Gasteiger partial charge in [-0.05, 0) is 46.3 Å². The van der Waals surface area contributed by atoms with Crippen molar-refractivity contribution in [3.05, 3.63) is 31.9 Å². The number of amides is 1. The Morgan fingerprint density at radius 3 is 2.33 bits per heavy atom. The molecule has 1 fully saturated rings. The van der Waals surface area contributed by atoms with E-state index in [1.807, 2.05) is 38.7 Å². The molecular formula is C19H24N4O2S2. The molecule has 0 N–H and O–H groups in total. The van der Waals surface area contributed by atoms with Gasteiger partial charge in [0.2, 0.25) is 0 Å². The van der Waals surface area contributed by atoms with Crippen molar-refractivity contribution in [2.75, 3.05) is 18.0 Å². The second-order valence-electron chi connectivity index (χ2n) is 6.53.